The van der Waals surface area contributed by atoms with Crippen LogP contribution in [0.3, 0.4) is 0 Å². The maximum atomic E-state index is 12.1. The molecule has 0 aromatic carbocycles. The van der Waals surface area contributed by atoms with Crippen LogP contribution in [0.4, 0.5) is 0 Å². The van der Waals surface area contributed by atoms with Gasteiger partial charge in [0.2, 0.25) is 0 Å². The maximum Gasteiger partial charge on any atom is 0.263 e. The van der Waals surface area contributed by atoms with Gasteiger partial charge in [0, 0.05) is 24.5 Å². The normalized spacial score (nSPS) is 15.4. The summed E-state index contributed by atoms with van der Waals surface area (Å²) in [5.41, 5.74) is 0.0293. The fraction of sp³-hybridized carbons (Fsp3) is 0.417. The van der Waals surface area contributed by atoms with Gasteiger partial charge in [-0.3, -0.25) is 19.5 Å². The highest BCUT2D eigenvalue weighted by Gasteiger charge is 2.43. The van der Waals surface area contributed by atoms with Gasteiger partial charge in [0.05, 0.1) is 11.1 Å². The van der Waals surface area contributed by atoms with Gasteiger partial charge in [0.15, 0.2) is 0 Å². The van der Waals surface area contributed by atoms with Gasteiger partial charge in [0.1, 0.15) is 0 Å². The molecule has 1 aliphatic heterocycles. The van der Waals surface area contributed by atoms with E-state index in [-0.39, 0.29) is 18.4 Å². The van der Waals surface area contributed by atoms with Crippen molar-refractivity contribution in [3.05, 3.63) is 29.6 Å². The van der Waals surface area contributed by atoms with Gasteiger partial charge in [-0.2, -0.15) is 0 Å². The van der Waals surface area contributed by atoms with Crippen molar-refractivity contribution in [2.45, 2.75) is 25.8 Å². The van der Waals surface area contributed by atoms with Gasteiger partial charge in [-0.1, -0.05) is 0 Å². The van der Waals surface area contributed by atoms with E-state index in [1.165, 1.54) is 17.3 Å². The Morgan fingerprint density at radius 3 is 2.53 bits per heavy atom. The molecule has 0 fully saturated rings. The van der Waals surface area contributed by atoms with E-state index in [0.717, 1.165) is 0 Å². The Morgan fingerprint density at radius 1 is 1.29 bits per heavy atom. The maximum absolute atomic E-state index is 12.1. The van der Waals surface area contributed by atoms with E-state index in [1.807, 2.05) is 0 Å². The summed E-state index contributed by atoms with van der Waals surface area (Å²) in [6.45, 7) is 3.45. The van der Waals surface area contributed by atoms with Crippen LogP contribution in [0.15, 0.2) is 18.5 Å². The molecular formula is C12H14N2O3. The van der Waals surface area contributed by atoms with Crippen molar-refractivity contribution in [3.8, 4) is 0 Å². The Kier molecular flexibility index (Phi) is 2.71. The molecular weight excluding hydrogens is 220 g/mol. The minimum Gasteiger partial charge on any atom is -0.396 e. The molecule has 0 aliphatic carbocycles. The summed E-state index contributed by atoms with van der Waals surface area (Å²) in [5.74, 6) is -0.651. The van der Waals surface area contributed by atoms with Gasteiger partial charge < -0.3 is 5.11 Å². The van der Waals surface area contributed by atoms with E-state index in [4.69, 9.17) is 5.11 Å². The second kappa shape index (κ2) is 3.92. The molecule has 90 valence electrons. The van der Waals surface area contributed by atoms with Gasteiger partial charge in [-0.05, 0) is 26.3 Å². The monoisotopic (exact) mass is 234 g/mol. The third-order valence-corrected chi connectivity index (χ3v) is 3.02. The van der Waals surface area contributed by atoms with Gasteiger partial charge in [0.25, 0.3) is 11.8 Å². The number of pyridine rings is 1. The molecule has 5 nitrogen and oxygen atoms in total. The fourth-order valence-electron chi connectivity index (χ4n) is 2.02. The number of amides is 2. The van der Waals surface area contributed by atoms with Crippen molar-refractivity contribution in [1.82, 2.24) is 9.88 Å². The van der Waals surface area contributed by atoms with E-state index in [9.17, 15) is 9.59 Å². The highest BCUT2D eigenvalue weighted by molar-refractivity contribution is 6.21. The van der Waals surface area contributed by atoms with Crippen LogP contribution in [0.5, 0.6) is 0 Å². The van der Waals surface area contributed by atoms with Gasteiger partial charge in [-0.15, -0.1) is 0 Å². The minimum absolute atomic E-state index is 0.0708. The molecule has 1 aromatic heterocycles. The molecule has 0 unspecified atom stereocenters. The zero-order valence-electron chi connectivity index (χ0n) is 9.80. The summed E-state index contributed by atoms with van der Waals surface area (Å²) in [5, 5.41) is 8.99. The van der Waals surface area contributed by atoms with Crippen molar-refractivity contribution >= 4 is 11.8 Å². The summed E-state index contributed by atoms with van der Waals surface area (Å²) >= 11 is 0. The van der Waals surface area contributed by atoms with Crippen molar-refractivity contribution < 1.29 is 14.7 Å². The number of hydrogen-bond acceptors (Lipinski definition) is 4. The highest BCUT2D eigenvalue weighted by Crippen LogP contribution is 2.30. The van der Waals surface area contributed by atoms with Crippen LogP contribution in [-0.4, -0.2) is 39.0 Å². The Balaban J connectivity index is 2.43. The number of aliphatic hydroxyl groups excluding tert-OH is 1. The summed E-state index contributed by atoms with van der Waals surface area (Å²) in [7, 11) is 0. The molecule has 2 amide bonds. The lowest BCUT2D eigenvalue weighted by atomic mass is 9.99. The lowest BCUT2D eigenvalue weighted by Gasteiger charge is -2.33. The molecule has 0 saturated heterocycles. The van der Waals surface area contributed by atoms with E-state index < -0.39 is 5.54 Å². The Hall–Kier alpha value is -1.75. The van der Waals surface area contributed by atoms with E-state index in [2.05, 4.69) is 4.98 Å². The van der Waals surface area contributed by atoms with Crippen LogP contribution < -0.4 is 0 Å². The van der Waals surface area contributed by atoms with Gasteiger partial charge >= 0.3 is 0 Å². The number of carbonyl (C=O) groups is 2. The largest absolute Gasteiger partial charge is 0.396 e. The van der Waals surface area contributed by atoms with E-state index >= 15 is 0 Å². The van der Waals surface area contributed by atoms with Crippen LogP contribution in [0.1, 0.15) is 41.0 Å². The Bertz CT molecular complexity index is 447. The first-order chi connectivity index (χ1) is 7.99. The van der Waals surface area contributed by atoms with Crippen molar-refractivity contribution in [1.29, 1.82) is 0 Å². The Labute approximate surface area is 99.1 Å². The van der Waals surface area contributed by atoms with Crippen LogP contribution in [0.2, 0.25) is 0 Å². The second-order valence-corrected chi connectivity index (χ2v) is 4.65. The quantitative estimate of drug-likeness (QED) is 0.787. The Morgan fingerprint density at radius 2 is 1.94 bits per heavy atom. The smallest absolute Gasteiger partial charge is 0.263 e. The van der Waals surface area contributed by atoms with Crippen molar-refractivity contribution in [2.75, 3.05) is 6.61 Å². The van der Waals surface area contributed by atoms with Crippen LogP contribution in [0.25, 0.3) is 0 Å². The van der Waals surface area contributed by atoms with E-state index in [1.54, 1.807) is 19.9 Å². The first-order valence-electron chi connectivity index (χ1n) is 5.43. The van der Waals surface area contributed by atoms with Crippen molar-refractivity contribution in [3.63, 3.8) is 0 Å². The van der Waals surface area contributed by atoms with Crippen LogP contribution in [0, 0.1) is 0 Å². The minimum atomic E-state index is -0.693. The zero-order valence-corrected chi connectivity index (χ0v) is 9.80. The molecule has 0 radical (unpaired) electrons. The van der Waals surface area contributed by atoms with Gasteiger partial charge in [-0.25, -0.2) is 0 Å². The molecule has 0 spiro atoms. The lowest BCUT2D eigenvalue weighted by molar-refractivity contribution is 0.0437. The predicted octanol–water partition coefficient (Wildman–Crippen LogP) is 0.839. The predicted molar refractivity (Wildman–Crippen MR) is 60.5 cm³/mol. The summed E-state index contributed by atoms with van der Waals surface area (Å²) < 4.78 is 0. The number of nitrogens with zero attached hydrogens (tertiary/aromatic N) is 2. The molecule has 1 N–H and O–H groups in total. The molecule has 0 bridgehead atoms. The topological polar surface area (TPSA) is 70.5 Å². The second-order valence-electron chi connectivity index (χ2n) is 4.65. The molecule has 2 heterocycles. The van der Waals surface area contributed by atoms with Crippen LogP contribution >= 0.6 is 0 Å². The SMILES string of the molecule is CC(C)(CCO)N1C(=O)c2ccncc2C1=O. The van der Waals surface area contributed by atoms with E-state index in [0.29, 0.717) is 17.5 Å². The average molecular weight is 234 g/mol. The molecule has 17 heavy (non-hydrogen) atoms. The number of hydrogen-bond donors (Lipinski definition) is 1. The number of aromatic nitrogens is 1. The summed E-state index contributed by atoms with van der Waals surface area (Å²) in [6.07, 6.45) is 3.25. The first kappa shape index (κ1) is 11.7. The zero-order chi connectivity index (χ0) is 12.6. The fourth-order valence-corrected chi connectivity index (χ4v) is 2.02. The van der Waals surface area contributed by atoms with Crippen LogP contribution in [-0.2, 0) is 0 Å². The first-order valence-corrected chi connectivity index (χ1v) is 5.43. The molecule has 1 aromatic rings. The van der Waals surface area contributed by atoms with Crippen molar-refractivity contribution in [2.24, 2.45) is 0 Å². The molecule has 5 heteroatoms. The number of carbonyl (C=O) groups excluding carboxylic acids is 2. The standard InChI is InChI=1S/C12H14N2O3/c1-12(2,4-6-15)14-10(16)8-3-5-13-7-9(8)11(14)17/h3,5,7,15H,4,6H2,1-2H3. The molecule has 1 aliphatic rings. The highest BCUT2D eigenvalue weighted by atomic mass is 16.3. The molecule has 2 rings (SSSR count). The number of aliphatic hydroxyl groups is 1. The third-order valence-electron chi connectivity index (χ3n) is 3.02. The number of fused-ring (bicyclic) bond motifs is 1. The summed E-state index contributed by atoms with van der Waals surface area (Å²) in [6, 6.07) is 1.55. The third kappa shape index (κ3) is 1.72. The number of rotatable bonds is 3. The lowest BCUT2D eigenvalue weighted by Crippen LogP contribution is -2.48. The molecule has 0 atom stereocenters. The summed E-state index contributed by atoms with van der Waals surface area (Å²) in [4.78, 5) is 29.3. The molecule has 0 saturated carbocycles. The number of imide groups is 1. The average Bonchev–Trinajstić information content (AvgIpc) is 2.53.